The van der Waals surface area contributed by atoms with Crippen LogP contribution in [-0.4, -0.2) is 75.7 Å². The molecule has 28 heavy (non-hydrogen) atoms. The van der Waals surface area contributed by atoms with Crippen molar-refractivity contribution in [3.05, 3.63) is 30.1 Å². The van der Waals surface area contributed by atoms with Crippen LogP contribution in [0.3, 0.4) is 0 Å². The summed E-state index contributed by atoms with van der Waals surface area (Å²) in [6.07, 6.45) is 1.11. The molecule has 1 aromatic carbocycles. The van der Waals surface area contributed by atoms with Crippen LogP contribution in [0, 0.1) is 11.7 Å². The van der Waals surface area contributed by atoms with E-state index in [0.29, 0.717) is 5.92 Å². The van der Waals surface area contributed by atoms with Gasteiger partial charge < -0.3 is 15.1 Å². The molecule has 1 aromatic rings. The highest BCUT2D eigenvalue weighted by Crippen LogP contribution is 2.18. The third-order valence-corrected chi connectivity index (χ3v) is 6.85. The van der Waals surface area contributed by atoms with Gasteiger partial charge in [0, 0.05) is 26.2 Å². The minimum absolute atomic E-state index is 0.107. The summed E-state index contributed by atoms with van der Waals surface area (Å²) in [6.45, 7) is 12.2. The number of halogens is 1. The topological polar surface area (TPSA) is 65.0 Å². The summed E-state index contributed by atoms with van der Waals surface area (Å²) in [5, 5.41) is 3.26. The van der Waals surface area contributed by atoms with E-state index in [1.807, 2.05) is 6.92 Å². The van der Waals surface area contributed by atoms with Crippen molar-refractivity contribution in [2.24, 2.45) is 10.9 Å². The summed E-state index contributed by atoms with van der Waals surface area (Å²) in [4.78, 5) is 8.88. The summed E-state index contributed by atoms with van der Waals surface area (Å²) in [5.41, 5.74) is 0. The molecule has 1 aliphatic rings. The SMILES string of the molecule is CCNC(=NCCS(=O)(=O)c1ccccc1F)N1CCC(CN(CC)CC)C1. The Kier molecular flexibility index (Phi) is 8.69. The molecule has 0 amide bonds. The van der Waals surface area contributed by atoms with E-state index in [9.17, 15) is 12.8 Å². The van der Waals surface area contributed by atoms with Crippen molar-refractivity contribution in [1.29, 1.82) is 0 Å². The summed E-state index contributed by atoms with van der Waals surface area (Å²) < 4.78 is 38.6. The second-order valence-electron chi connectivity index (χ2n) is 7.07. The number of nitrogens with zero attached hydrogens (tertiary/aromatic N) is 3. The van der Waals surface area contributed by atoms with E-state index in [-0.39, 0.29) is 17.2 Å². The van der Waals surface area contributed by atoms with E-state index in [1.54, 1.807) is 0 Å². The highest BCUT2D eigenvalue weighted by molar-refractivity contribution is 7.91. The Morgan fingerprint density at radius 2 is 2.00 bits per heavy atom. The molecule has 1 aliphatic heterocycles. The van der Waals surface area contributed by atoms with Crippen LogP contribution < -0.4 is 5.32 Å². The lowest BCUT2D eigenvalue weighted by Crippen LogP contribution is -2.41. The van der Waals surface area contributed by atoms with Gasteiger partial charge in [0.25, 0.3) is 0 Å². The maximum atomic E-state index is 13.8. The number of benzene rings is 1. The molecule has 6 nitrogen and oxygen atoms in total. The Bertz CT molecular complexity index is 750. The van der Waals surface area contributed by atoms with Crippen LogP contribution in [0.4, 0.5) is 4.39 Å². The second kappa shape index (κ2) is 10.8. The molecule has 1 atom stereocenters. The predicted molar refractivity (Wildman–Crippen MR) is 112 cm³/mol. The molecule has 1 fully saturated rings. The maximum absolute atomic E-state index is 13.8. The Morgan fingerprint density at radius 3 is 2.64 bits per heavy atom. The fourth-order valence-corrected chi connectivity index (χ4v) is 4.73. The highest BCUT2D eigenvalue weighted by Gasteiger charge is 2.26. The van der Waals surface area contributed by atoms with E-state index >= 15 is 0 Å². The zero-order valence-corrected chi connectivity index (χ0v) is 18.0. The monoisotopic (exact) mass is 412 g/mol. The lowest BCUT2D eigenvalue weighted by atomic mass is 10.1. The van der Waals surface area contributed by atoms with Crippen molar-refractivity contribution in [1.82, 2.24) is 15.1 Å². The van der Waals surface area contributed by atoms with Crippen molar-refractivity contribution < 1.29 is 12.8 Å². The van der Waals surface area contributed by atoms with Crippen LogP contribution in [0.5, 0.6) is 0 Å². The first-order valence-corrected chi connectivity index (χ1v) is 11.8. The van der Waals surface area contributed by atoms with Gasteiger partial charge in [-0.25, -0.2) is 12.8 Å². The molecule has 1 unspecified atom stereocenters. The number of nitrogens with one attached hydrogen (secondary N) is 1. The first kappa shape index (κ1) is 22.6. The molecule has 1 heterocycles. The molecule has 158 valence electrons. The molecule has 8 heteroatoms. The number of guanidine groups is 1. The van der Waals surface area contributed by atoms with Gasteiger partial charge in [-0.15, -0.1) is 0 Å². The Hall–Kier alpha value is -1.67. The zero-order valence-electron chi connectivity index (χ0n) is 17.2. The van der Waals surface area contributed by atoms with Crippen LogP contribution in [0.2, 0.25) is 0 Å². The number of aliphatic imine (C=N–C) groups is 1. The van der Waals surface area contributed by atoms with Crippen LogP contribution >= 0.6 is 0 Å². The van der Waals surface area contributed by atoms with E-state index in [4.69, 9.17) is 0 Å². The fourth-order valence-electron chi connectivity index (χ4n) is 3.53. The number of likely N-dealkylation sites (tertiary alicyclic amines) is 1. The first-order valence-electron chi connectivity index (χ1n) is 10.1. The van der Waals surface area contributed by atoms with Gasteiger partial charge in [-0.3, -0.25) is 4.99 Å². The molecule has 0 aromatic heterocycles. The molecule has 0 radical (unpaired) electrons. The molecule has 0 saturated carbocycles. The van der Waals surface area contributed by atoms with E-state index in [2.05, 4.69) is 34.0 Å². The molecule has 2 rings (SSSR count). The lowest BCUT2D eigenvalue weighted by molar-refractivity contribution is 0.255. The molecule has 0 bridgehead atoms. The van der Waals surface area contributed by atoms with E-state index in [1.165, 1.54) is 24.3 Å². The van der Waals surface area contributed by atoms with Crippen molar-refractivity contribution in [3.8, 4) is 0 Å². The number of hydrogen-bond acceptors (Lipinski definition) is 4. The molecule has 1 N–H and O–H groups in total. The van der Waals surface area contributed by atoms with Crippen molar-refractivity contribution in [2.45, 2.75) is 32.1 Å². The summed E-state index contributed by atoms with van der Waals surface area (Å²) in [7, 11) is -3.69. The summed E-state index contributed by atoms with van der Waals surface area (Å²) >= 11 is 0. The standard InChI is InChI=1S/C20H33FN4O2S/c1-4-22-20(25-13-11-17(16-25)15-24(5-2)6-3)23-12-14-28(26,27)19-10-8-7-9-18(19)21/h7-10,17H,4-6,11-16H2,1-3H3,(H,22,23). The van der Waals surface area contributed by atoms with Crippen molar-refractivity contribution in [2.75, 3.05) is 51.6 Å². The molecular formula is C20H33FN4O2S. The highest BCUT2D eigenvalue weighted by atomic mass is 32.2. The Balaban J connectivity index is 1.98. The number of hydrogen-bond donors (Lipinski definition) is 1. The predicted octanol–water partition coefficient (Wildman–Crippen LogP) is 2.23. The maximum Gasteiger partial charge on any atom is 0.193 e. The van der Waals surface area contributed by atoms with Crippen LogP contribution in [0.1, 0.15) is 27.2 Å². The van der Waals surface area contributed by atoms with Gasteiger partial charge >= 0.3 is 0 Å². The van der Waals surface area contributed by atoms with Gasteiger partial charge in [0.05, 0.1) is 12.3 Å². The van der Waals surface area contributed by atoms with Crippen LogP contribution in [0.25, 0.3) is 0 Å². The summed E-state index contributed by atoms with van der Waals surface area (Å²) in [6, 6.07) is 5.49. The third kappa shape index (κ3) is 6.17. The number of sulfone groups is 1. The molecule has 0 spiro atoms. The fraction of sp³-hybridized carbons (Fsp3) is 0.650. The van der Waals surface area contributed by atoms with Gasteiger partial charge in [-0.1, -0.05) is 26.0 Å². The third-order valence-electron chi connectivity index (χ3n) is 5.12. The van der Waals surface area contributed by atoms with Crippen LogP contribution in [0.15, 0.2) is 34.2 Å². The zero-order chi connectivity index (χ0) is 20.6. The van der Waals surface area contributed by atoms with Crippen LogP contribution in [-0.2, 0) is 9.84 Å². The molecule has 0 aliphatic carbocycles. The normalized spacial score (nSPS) is 18.1. The van der Waals surface area contributed by atoms with E-state index in [0.717, 1.165) is 51.6 Å². The average Bonchev–Trinajstić information content (AvgIpc) is 3.14. The average molecular weight is 413 g/mol. The minimum atomic E-state index is -3.69. The quantitative estimate of drug-likeness (QED) is 0.498. The minimum Gasteiger partial charge on any atom is -0.357 e. The lowest BCUT2D eigenvalue weighted by Gasteiger charge is -2.24. The Labute approximate surface area is 168 Å². The van der Waals surface area contributed by atoms with Crippen molar-refractivity contribution >= 4 is 15.8 Å². The molecular weight excluding hydrogens is 379 g/mol. The van der Waals surface area contributed by atoms with Gasteiger partial charge in [-0.05, 0) is 44.5 Å². The van der Waals surface area contributed by atoms with Gasteiger partial charge in [0.1, 0.15) is 10.7 Å². The number of rotatable bonds is 9. The summed E-state index contributed by atoms with van der Waals surface area (Å²) in [5.74, 6) is 0.413. The smallest absolute Gasteiger partial charge is 0.193 e. The Morgan fingerprint density at radius 1 is 1.29 bits per heavy atom. The van der Waals surface area contributed by atoms with E-state index < -0.39 is 15.7 Å². The second-order valence-corrected chi connectivity index (χ2v) is 9.15. The largest absolute Gasteiger partial charge is 0.357 e. The van der Waals surface area contributed by atoms with Gasteiger partial charge in [0.15, 0.2) is 15.8 Å². The van der Waals surface area contributed by atoms with Gasteiger partial charge in [0.2, 0.25) is 0 Å². The molecule has 1 saturated heterocycles. The van der Waals surface area contributed by atoms with Crippen molar-refractivity contribution in [3.63, 3.8) is 0 Å². The first-order chi connectivity index (χ1) is 13.4. The van der Waals surface area contributed by atoms with Gasteiger partial charge in [-0.2, -0.15) is 0 Å².